The van der Waals surface area contributed by atoms with Crippen LogP contribution in [0.5, 0.6) is 0 Å². The van der Waals surface area contributed by atoms with Crippen LogP contribution in [0, 0.1) is 0 Å². The third-order valence-corrected chi connectivity index (χ3v) is 3.83. The molecule has 0 saturated heterocycles. The van der Waals surface area contributed by atoms with Gasteiger partial charge in [-0.2, -0.15) is 0 Å². The van der Waals surface area contributed by atoms with Gasteiger partial charge in [-0.3, -0.25) is 14.6 Å². The number of fused-ring (bicyclic) bond motifs is 1. The van der Waals surface area contributed by atoms with Crippen LogP contribution in [0.2, 0.25) is 0 Å². The Morgan fingerprint density at radius 2 is 1.71 bits per heavy atom. The van der Waals surface area contributed by atoms with Crippen LogP contribution in [0.1, 0.15) is 21.6 Å². The monoisotopic (exact) mass is 320 g/mol. The van der Waals surface area contributed by atoms with Gasteiger partial charge in [-0.15, -0.1) is 0 Å². The molecule has 0 atom stereocenters. The van der Waals surface area contributed by atoms with Crippen molar-refractivity contribution in [1.29, 1.82) is 0 Å². The van der Waals surface area contributed by atoms with E-state index in [2.05, 4.69) is 4.98 Å². The summed E-state index contributed by atoms with van der Waals surface area (Å²) in [7, 11) is 1.34. The fourth-order valence-electron chi connectivity index (χ4n) is 2.57. The van der Waals surface area contributed by atoms with Gasteiger partial charge in [0, 0.05) is 22.8 Å². The summed E-state index contributed by atoms with van der Waals surface area (Å²) in [5.41, 5.74) is 7.86. The van der Waals surface area contributed by atoms with Gasteiger partial charge < -0.3 is 10.5 Å². The molecule has 2 aromatic carbocycles. The van der Waals surface area contributed by atoms with Gasteiger partial charge in [-0.25, -0.2) is 0 Å². The lowest BCUT2D eigenvalue weighted by Crippen LogP contribution is -2.09. The van der Waals surface area contributed by atoms with E-state index in [1.54, 1.807) is 30.5 Å². The number of hydrogen-bond donors (Lipinski definition) is 1. The zero-order chi connectivity index (χ0) is 17.1. The van der Waals surface area contributed by atoms with Crippen LogP contribution in [0.25, 0.3) is 10.8 Å². The van der Waals surface area contributed by atoms with Crippen molar-refractivity contribution in [1.82, 2.24) is 4.98 Å². The minimum atomic E-state index is -0.348. The van der Waals surface area contributed by atoms with Crippen molar-refractivity contribution in [2.24, 2.45) is 0 Å². The van der Waals surface area contributed by atoms with Crippen LogP contribution >= 0.6 is 0 Å². The predicted molar refractivity (Wildman–Crippen MR) is 91.7 cm³/mol. The molecule has 5 heteroatoms. The highest BCUT2D eigenvalue weighted by Gasteiger charge is 2.17. The molecule has 0 aliphatic rings. The molecular formula is C19H16N2O3. The van der Waals surface area contributed by atoms with Crippen LogP contribution in [0.4, 0.5) is 5.69 Å². The molecule has 3 rings (SSSR count). The van der Waals surface area contributed by atoms with Gasteiger partial charge in [0.15, 0.2) is 0 Å². The molecule has 0 aliphatic carbocycles. The Kier molecular flexibility index (Phi) is 4.24. The standard InChI is InChI=1S/C19H16N2O3/c1-24-17(22)10-13-11-21-18(16-5-3-2-4-15(13)16)19(23)12-6-8-14(20)9-7-12/h2-9,11H,10,20H2,1H3. The minimum absolute atomic E-state index is 0.111. The summed E-state index contributed by atoms with van der Waals surface area (Å²) >= 11 is 0. The second kappa shape index (κ2) is 6.50. The van der Waals surface area contributed by atoms with Crippen molar-refractivity contribution in [3.8, 4) is 0 Å². The molecule has 0 fully saturated rings. The average Bonchev–Trinajstić information content (AvgIpc) is 2.62. The number of aromatic nitrogens is 1. The van der Waals surface area contributed by atoms with Crippen molar-refractivity contribution in [2.75, 3.05) is 12.8 Å². The van der Waals surface area contributed by atoms with Crippen LogP contribution in [0.15, 0.2) is 54.7 Å². The molecule has 2 N–H and O–H groups in total. The fourth-order valence-corrected chi connectivity index (χ4v) is 2.57. The quantitative estimate of drug-likeness (QED) is 0.454. The van der Waals surface area contributed by atoms with Gasteiger partial charge in [0.25, 0.3) is 0 Å². The summed E-state index contributed by atoms with van der Waals surface area (Å²) in [6, 6.07) is 14.1. The maximum absolute atomic E-state index is 12.8. The van der Waals surface area contributed by atoms with Gasteiger partial charge >= 0.3 is 5.97 Å². The number of nitrogen functional groups attached to an aromatic ring is 1. The number of nitrogens with two attached hydrogens (primary N) is 1. The smallest absolute Gasteiger partial charge is 0.310 e. The number of nitrogens with zero attached hydrogens (tertiary/aromatic N) is 1. The first kappa shape index (κ1) is 15.7. The largest absolute Gasteiger partial charge is 0.469 e. The highest BCUT2D eigenvalue weighted by molar-refractivity contribution is 6.15. The van der Waals surface area contributed by atoms with E-state index in [1.165, 1.54) is 7.11 Å². The van der Waals surface area contributed by atoms with Crippen molar-refractivity contribution in [2.45, 2.75) is 6.42 Å². The second-order valence-electron chi connectivity index (χ2n) is 5.38. The molecule has 0 spiro atoms. The number of carbonyl (C=O) groups excluding carboxylic acids is 2. The number of rotatable bonds is 4. The van der Waals surface area contributed by atoms with Crippen LogP contribution in [-0.2, 0) is 16.0 Å². The lowest BCUT2D eigenvalue weighted by Gasteiger charge is -2.09. The highest BCUT2D eigenvalue weighted by Crippen LogP contribution is 2.24. The van der Waals surface area contributed by atoms with E-state index in [-0.39, 0.29) is 18.2 Å². The Morgan fingerprint density at radius 1 is 1.04 bits per heavy atom. The molecule has 120 valence electrons. The molecule has 0 amide bonds. The molecular weight excluding hydrogens is 304 g/mol. The number of ketones is 1. The van der Waals surface area contributed by atoms with Crippen molar-refractivity contribution in [3.05, 3.63) is 71.5 Å². The summed E-state index contributed by atoms with van der Waals surface area (Å²) in [5, 5.41) is 1.53. The number of ether oxygens (including phenoxy) is 1. The molecule has 0 aliphatic heterocycles. The van der Waals surface area contributed by atoms with Crippen LogP contribution in [0.3, 0.4) is 0 Å². The summed E-state index contributed by atoms with van der Waals surface area (Å²) in [5.74, 6) is -0.532. The molecule has 0 radical (unpaired) electrons. The molecule has 3 aromatic rings. The van der Waals surface area contributed by atoms with Gasteiger partial charge in [-0.05, 0) is 35.2 Å². The van der Waals surface area contributed by atoms with E-state index in [4.69, 9.17) is 10.5 Å². The highest BCUT2D eigenvalue weighted by atomic mass is 16.5. The van der Waals surface area contributed by atoms with Crippen LogP contribution in [-0.4, -0.2) is 23.8 Å². The van der Waals surface area contributed by atoms with E-state index in [0.717, 1.165) is 10.9 Å². The topological polar surface area (TPSA) is 82.3 Å². The molecule has 24 heavy (non-hydrogen) atoms. The van der Waals surface area contributed by atoms with E-state index in [1.807, 2.05) is 24.3 Å². The maximum atomic E-state index is 12.8. The molecule has 1 heterocycles. The van der Waals surface area contributed by atoms with Gasteiger partial charge in [0.2, 0.25) is 5.78 Å². The Balaban J connectivity index is 2.09. The lowest BCUT2D eigenvalue weighted by molar-refractivity contribution is -0.139. The number of benzene rings is 2. The molecule has 0 saturated carbocycles. The Bertz CT molecular complexity index is 918. The third kappa shape index (κ3) is 2.96. The number of anilines is 1. The summed E-state index contributed by atoms with van der Waals surface area (Å²) in [4.78, 5) is 28.6. The van der Waals surface area contributed by atoms with Gasteiger partial charge in [0.1, 0.15) is 5.69 Å². The van der Waals surface area contributed by atoms with Crippen molar-refractivity contribution >= 4 is 28.2 Å². The van der Waals surface area contributed by atoms with Crippen molar-refractivity contribution < 1.29 is 14.3 Å². The first-order chi connectivity index (χ1) is 11.6. The van der Waals surface area contributed by atoms with Gasteiger partial charge in [-0.1, -0.05) is 24.3 Å². The average molecular weight is 320 g/mol. The van der Waals surface area contributed by atoms with E-state index in [9.17, 15) is 9.59 Å². The Labute approximate surface area is 139 Å². The molecule has 5 nitrogen and oxygen atoms in total. The van der Waals surface area contributed by atoms with E-state index < -0.39 is 0 Å². The third-order valence-electron chi connectivity index (χ3n) is 3.83. The number of hydrogen-bond acceptors (Lipinski definition) is 5. The Morgan fingerprint density at radius 3 is 2.38 bits per heavy atom. The van der Waals surface area contributed by atoms with Gasteiger partial charge in [0.05, 0.1) is 13.5 Å². The maximum Gasteiger partial charge on any atom is 0.310 e. The lowest BCUT2D eigenvalue weighted by atomic mass is 9.98. The number of carbonyl (C=O) groups is 2. The Hall–Kier alpha value is -3.21. The second-order valence-corrected chi connectivity index (χ2v) is 5.38. The first-order valence-electron chi connectivity index (χ1n) is 7.44. The number of pyridine rings is 1. The van der Waals surface area contributed by atoms with Crippen molar-refractivity contribution in [3.63, 3.8) is 0 Å². The predicted octanol–water partition coefficient (Wildman–Crippen LogP) is 2.76. The molecule has 1 aromatic heterocycles. The summed E-state index contributed by atoms with van der Waals surface area (Å²) in [6.07, 6.45) is 1.67. The first-order valence-corrected chi connectivity index (χ1v) is 7.44. The molecule has 0 bridgehead atoms. The SMILES string of the molecule is COC(=O)Cc1cnc(C(=O)c2ccc(N)cc2)c2ccccc12. The van der Waals surface area contributed by atoms with E-state index >= 15 is 0 Å². The number of esters is 1. The van der Waals surface area contributed by atoms with Crippen LogP contribution < -0.4 is 5.73 Å². The molecule has 0 unspecified atom stereocenters. The normalized spacial score (nSPS) is 10.5. The zero-order valence-electron chi connectivity index (χ0n) is 13.2. The zero-order valence-corrected chi connectivity index (χ0v) is 13.2. The minimum Gasteiger partial charge on any atom is -0.469 e. The fraction of sp³-hybridized carbons (Fsp3) is 0.105. The summed E-state index contributed by atoms with van der Waals surface area (Å²) < 4.78 is 4.72. The van der Waals surface area contributed by atoms with E-state index in [0.29, 0.717) is 22.3 Å². The summed E-state index contributed by atoms with van der Waals surface area (Å²) in [6.45, 7) is 0. The number of methoxy groups -OCH3 is 1.